The van der Waals surface area contributed by atoms with Crippen LogP contribution in [0.2, 0.25) is 5.02 Å². The van der Waals surface area contributed by atoms with Crippen LogP contribution in [0.15, 0.2) is 18.2 Å². The number of carbonyl (C=O) groups excluding carboxylic acids is 1. The average molecular weight is 264 g/mol. The van der Waals surface area contributed by atoms with E-state index in [4.69, 9.17) is 11.6 Å². The van der Waals surface area contributed by atoms with Crippen LogP contribution in [0.3, 0.4) is 0 Å². The third-order valence-corrected chi connectivity index (χ3v) is 2.99. The van der Waals surface area contributed by atoms with Gasteiger partial charge in [0.2, 0.25) is 0 Å². The van der Waals surface area contributed by atoms with Crippen molar-refractivity contribution in [3.05, 3.63) is 40.4 Å². The molecule has 0 aliphatic carbocycles. The van der Waals surface area contributed by atoms with Gasteiger partial charge in [-0.15, -0.1) is 0 Å². The Morgan fingerprint density at radius 2 is 2.11 bits per heavy atom. The van der Waals surface area contributed by atoms with E-state index < -0.39 is 0 Å². The van der Waals surface area contributed by atoms with E-state index in [0.717, 1.165) is 36.5 Å². The molecule has 0 amide bonds. The van der Waals surface area contributed by atoms with Crippen molar-refractivity contribution >= 4 is 17.9 Å². The minimum Gasteiger partial charge on any atom is -0.298 e. The first-order chi connectivity index (χ1) is 8.69. The van der Waals surface area contributed by atoms with Crippen molar-refractivity contribution in [2.75, 3.05) is 0 Å². The average Bonchev–Trinajstić information content (AvgIpc) is 2.81. The van der Waals surface area contributed by atoms with Crippen molar-refractivity contribution in [3.8, 4) is 5.69 Å². The summed E-state index contributed by atoms with van der Waals surface area (Å²) in [5.74, 6) is 1.66. The van der Waals surface area contributed by atoms with Crippen molar-refractivity contribution < 1.29 is 4.79 Å². The number of carbonyl (C=O) groups is 1. The van der Waals surface area contributed by atoms with Crippen LogP contribution >= 0.6 is 11.6 Å². The van der Waals surface area contributed by atoms with Crippen molar-refractivity contribution in [2.45, 2.75) is 26.7 Å². The number of aromatic nitrogens is 3. The number of nitrogens with zero attached hydrogens (tertiary/aromatic N) is 3. The third-order valence-electron chi connectivity index (χ3n) is 2.69. The highest BCUT2D eigenvalue weighted by atomic mass is 35.5. The van der Waals surface area contributed by atoms with Gasteiger partial charge in [-0.2, -0.15) is 5.10 Å². The molecule has 4 nitrogen and oxygen atoms in total. The predicted octanol–water partition coefficient (Wildman–Crippen LogP) is 2.86. The Morgan fingerprint density at radius 1 is 1.33 bits per heavy atom. The molecule has 0 aliphatic rings. The fraction of sp³-hybridized carbons (Fsp3) is 0.308. The number of aryl methyl sites for hydroxylation is 2. The Balaban J connectivity index is 2.53. The van der Waals surface area contributed by atoms with Crippen LogP contribution < -0.4 is 0 Å². The zero-order chi connectivity index (χ0) is 13.1. The van der Waals surface area contributed by atoms with Gasteiger partial charge in [0, 0.05) is 18.4 Å². The van der Waals surface area contributed by atoms with Gasteiger partial charge in [-0.25, -0.2) is 9.67 Å². The predicted molar refractivity (Wildman–Crippen MR) is 70.5 cm³/mol. The van der Waals surface area contributed by atoms with Crippen LogP contribution in [-0.2, 0) is 12.8 Å². The summed E-state index contributed by atoms with van der Waals surface area (Å²) in [6, 6.07) is 5.15. The number of aldehydes is 1. The summed E-state index contributed by atoms with van der Waals surface area (Å²) in [5.41, 5.74) is 1.31. The molecule has 1 aromatic carbocycles. The van der Waals surface area contributed by atoms with Crippen molar-refractivity contribution in [1.82, 2.24) is 14.8 Å². The molecule has 0 atom stereocenters. The molecule has 0 radical (unpaired) electrons. The lowest BCUT2D eigenvalue weighted by Gasteiger charge is -2.06. The second-order valence-corrected chi connectivity index (χ2v) is 4.30. The molecule has 0 N–H and O–H groups in total. The van der Waals surface area contributed by atoms with E-state index in [1.54, 1.807) is 22.9 Å². The maximum Gasteiger partial charge on any atom is 0.151 e. The van der Waals surface area contributed by atoms with Gasteiger partial charge in [-0.1, -0.05) is 25.4 Å². The van der Waals surface area contributed by atoms with Crippen molar-refractivity contribution in [3.63, 3.8) is 0 Å². The lowest BCUT2D eigenvalue weighted by molar-refractivity contribution is 0.112. The van der Waals surface area contributed by atoms with Gasteiger partial charge < -0.3 is 0 Å². The summed E-state index contributed by atoms with van der Waals surface area (Å²) >= 11 is 6.18. The van der Waals surface area contributed by atoms with E-state index in [2.05, 4.69) is 10.1 Å². The van der Waals surface area contributed by atoms with Gasteiger partial charge in [0.1, 0.15) is 12.1 Å². The van der Waals surface area contributed by atoms with Gasteiger partial charge >= 0.3 is 0 Å². The fourth-order valence-corrected chi connectivity index (χ4v) is 2.00. The first-order valence-electron chi connectivity index (χ1n) is 5.89. The fourth-order valence-electron chi connectivity index (χ4n) is 1.73. The van der Waals surface area contributed by atoms with Gasteiger partial charge in [0.15, 0.2) is 5.82 Å². The van der Waals surface area contributed by atoms with Crippen LogP contribution in [0.5, 0.6) is 0 Å². The van der Waals surface area contributed by atoms with E-state index in [-0.39, 0.29) is 0 Å². The van der Waals surface area contributed by atoms with E-state index in [1.807, 2.05) is 13.8 Å². The Kier molecular flexibility index (Phi) is 3.77. The van der Waals surface area contributed by atoms with Gasteiger partial charge in [0.05, 0.1) is 10.7 Å². The van der Waals surface area contributed by atoms with Crippen LogP contribution in [0.4, 0.5) is 0 Å². The van der Waals surface area contributed by atoms with Crippen LogP contribution in [-0.4, -0.2) is 21.1 Å². The number of halogens is 1. The molecular weight excluding hydrogens is 250 g/mol. The summed E-state index contributed by atoms with van der Waals surface area (Å²) in [5, 5.41) is 4.92. The summed E-state index contributed by atoms with van der Waals surface area (Å²) in [4.78, 5) is 15.1. The maximum atomic E-state index is 10.7. The van der Waals surface area contributed by atoms with Crippen LogP contribution in [0.1, 0.15) is 35.9 Å². The number of rotatable bonds is 4. The molecule has 94 valence electrons. The van der Waals surface area contributed by atoms with Crippen LogP contribution in [0, 0.1) is 0 Å². The van der Waals surface area contributed by atoms with Crippen LogP contribution in [0.25, 0.3) is 5.69 Å². The highest BCUT2D eigenvalue weighted by Crippen LogP contribution is 2.22. The molecule has 0 unspecified atom stereocenters. The lowest BCUT2D eigenvalue weighted by atomic mass is 10.2. The number of benzene rings is 1. The Hall–Kier alpha value is -1.68. The lowest BCUT2D eigenvalue weighted by Crippen LogP contribution is -2.03. The summed E-state index contributed by atoms with van der Waals surface area (Å²) in [6.45, 7) is 4.03. The Morgan fingerprint density at radius 3 is 2.67 bits per heavy atom. The second-order valence-electron chi connectivity index (χ2n) is 3.89. The SMILES string of the molecule is CCc1nc(CC)n(-c2ccc(C=O)cc2Cl)n1. The van der Waals surface area contributed by atoms with Crippen molar-refractivity contribution in [2.24, 2.45) is 0 Å². The highest BCUT2D eigenvalue weighted by molar-refractivity contribution is 6.32. The first-order valence-corrected chi connectivity index (χ1v) is 6.27. The molecule has 0 aliphatic heterocycles. The zero-order valence-corrected chi connectivity index (χ0v) is 11.1. The largest absolute Gasteiger partial charge is 0.298 e. The number of hydrogen-bond acceptors (Lipinski definition) is 3. The molecule has 0 saturated heterocycles. The molecule has 18 heavy (non-hydrogen) atoms. The zero-order valence-electron chi connectivity index (χ0n) is 10.4. The standard InChI is InChI=1S/C13H14ClN3O/c1-3-12-15-13(4-2)17(16-12)11-6-5-9(8-18)7-10(11)14/h5-8H,3-4H2,1-2H3. The van der Waals surface area contributed by atoms with Gasteiger partial charge in [-0.3, -0.25) is 4.79 Å². The Labute approximate surface area is 111 Å². The minimum atomic E-state index is 0.502. The molecule has 0 fully saturated rings. The van der Waals surface area contributed by atoms with Crippen molar-refractivity contribution in [1.29, 1.82) is 0 Å². The topological polar surface area (TPSA) is 47.8 Å². The summed E-state index contributed by atoms with van der Waals surface area (Å²) in [6.07, 6.45) is 2.33. The first kappa shape index (κ1) is 12.8. The molecule has 1 heterocycles. The van der Waals surface area contributed by atoms with E-state index in [1.165, 1.54) is 0 Å². The molecule has 2 rings (SSSR count). The molecule has 0 spiro atoms. The normalized spacial score (nSPS) is 10.6. The summed E-state index contributed by atoms with van der Waals surface area (Å²) < 4.78 is 1.75. The molecule has 5 heteroatoms. The monoisotopic (exact) mass is 263 g/mol. The maximum absolute atomic E-state index is 10.7. The quantitative estimate of drug-likeness (QED) is 0.797. The van der Waals surface area contributed by atoms with E-state index in [0.29, 0.717) is 10.6 Å². The second kappa shape index (κ2) is 5.31. The van der Waals surface area contributed by atoms with Gasteiger partial charge in [0.25, 0.3) is 0 Å². The molecular formula is C13H14ClN3O. The third kappa shape index (κ3) is 2.29. The molecule has 0 bridgehead atoms. The van der Waals surface area contributed by atoms with E-state index >= 15 is 0 Å². The molecule has 2 aromatic rings. The van der Waals surface area contributed by atoms with E-state index in [9.17, 15) is 4.79 Å². The molecule has 1 aromatic heterocycles. The molecule has 0 saturated carbocycles. The summed E-state index contributed by atoms with van der Waals surface area (Å²) in [7, 11) is 0. The minimum absolute atomic E-state index is 0.502. The highest BCUT2D eigenvalue weighted by Gasteiger charge is 2.12. The number of hydrogen-bond donors (Lipinski definition) is 0. The van der Waals surface area contributed by atoms with Gasteiger partial charge in [-0.05, 0) is 18.2 Å². The Bertz CT molecular complexity index is 578. The smallest absolute Gasteiger partial charge is 0.151 e.